The van der Waals surface area contributed by atoms with Crippen LogP contribution in [0.1, 0.15) is 48.1 Å². The minimum atomic E-state index is -2.72. The van der Waals surface area contributed by atoms with Gasteiger partial charge in [-0.2, -0.15) is 15.0 Å². The fraction of sp³-hybridized carbons (Fsp3) is 0.407. The molecule has 2 aromatic heterocycles. The van der Waals surface area contributed by atoms with Gasteiger partial charge in [-0.05, 0) is 45.7 Å². The van der Waals surface area contributed by atoms with E-state index in [0.29, 0.717) is 22.7 Å². The molecule has 40 heavy (non-hydrogen) atoms. The van der Waals surface area contributed by atoms with Crippen LogP contribution < -0.4 is 26.0 Å². The Kier molecular flexibility index (Phi) is 7.32. The molecule has 4 rings (SSSR count). The van der Waals surface area contributed by atoms with Gasteiger partial charge in [0.1, 0.15) is 17.1 Å². The highest BCUT2D eigenvalue weighted by molar-refractivity contribution is 6.01. The molecule has 3 aromatic rings. The van der Waals surface area contributed by atoms with Gasteiger partial charge in [0, 0.05) is 41.4 Å². The lowest BCUT2D eigenvalue weighted by Gasteiger charge is -2.19. The Labute approximate surface area is 236 Å². The van der Waals surface area contributed by atoms with Crippen molar-refractivity contribution < 1.29 is 28.0 Å². The lowest BCUT2D eigenvalue weighted by Crippen LogP contribution is -2.34. The van der Waals surface area contributed by atoms with Crippen LogP contribution in [0.5, 0.6) is 5.75 Å². The predicted octanol–water partition coefficient (Wildman–Crippen LogP) is 3.33. The number of para-hydroxylation sites is 1. The molecule has 0 saturated heterocycles. The van der Waals surface area contributed by atoms with Crippen molar-refractivity contribution in [1.82, 2.24) is 30.6 Å². The van der Waals surface area contributed by atoms with Crippen molar-refractivity contribution in [3.05, 3.63) is 42.2 Å². The van der Waals surface area contributed by atoms with Gasteiger partial charge in [0.15, 0.2) is 5.75 Å². The van der Waals surface area contributed by atoms with Crippen LogP contribution in [-0.4, -0.2) is 64.1 Å². The fourth-order valence-corrected chi connectivity index (χ4v) is 3.75. The van der Waals surface area contributed by atoms with Crippen LogP contribution in [0.2, 0.25) is 0 Å². The average molecular weight is 554 g/mol. The van der Waals surface area contributed by atoms with E-state index in [1.165, 1.54) is 24.2 Å². The van der Waals surface area contributed by atoms with Gasteiger partial charge in [-0.1, -0.05) is 6.07 Å². The highest BCUT2D eigenvalue weighted by Gasteiger charge is 2.30. The first-order chi connectivity index (χ1) is 20.2. The number of alkyl carbamates (subject to hydrolysis) is 1. The number of anilines is 3. The number of hydrogen-bond donors (Lipinski definition) is 4. The standard InChI is InChI=1S/C27H34N8O5/c1-27(2,3)40-26(38)29-11-12-35-31-15-21(34-35)17-7-6-8-19(23(17)39-5)32-20-13-22(33-24(36)16-9-10-16)30-14-18(20)25(37)28-4/h6-8,13-16H,9-12H2,1-5H3,(H,28,37)(H,29,38)(H2,30,32,33,36)/i4D3. The SMILES string of the molecule is [2H]C([2H])([2H])NC(=O)c1cnc(NC(=O)C2CC2)cc1Nc1cccc(-c2cnn(CCNC(=O)OC(C)(C)C)n2)c1OC. The Bertz CT molecular complexity index is 1500. The number of carbonyl (C=O) groups is 3. The maximum absolute atomic E-state index is 12.8. The molecule has 13 heteroatoms. The summed E-state index contributed by atoms with van der Waals surface area (Å²) in [4.78, 5) is 42.6. The first-order valence-electron chi connectivity index (χ1n) is 14.2. The summed E-state index contributed by atoms with van der Waals surface area (Å²) in [6, 6.07) is 6.66. The zero-order valence-electron chi connectivity index (χ0n) is 25.7. The molecule has 0 spiro atoms. The number of ether oxygens (including phenoxy) is 2. The third-order valence-corrected chi connectivity index (χ3v) is 5.74. The van der Waals surface area contributed by atoms with Crippen LogP contribution in [0.4, 0.5) is 22.0 Å². The molecule has 0 aliphatic heterocycles. The Hall–Kier alpha value is -4.68. The molecule has 1 aromatic carbocycles. The van der Waals surface area contributed by atoms with E-state index in [4.69, 9.17) is 13.6 Å². The van der Waals surface area contributed by atoms with Crippen LogP contribution >= 0.6 is 0 Å². The van der Waals surface area contributed by atoms with Crippen LogP contribution in [0.15, 0.2) is 36.7 Å². The minimum absolute atomic E-state index is 0.0589. The van der Waals surface area contributed by atoms with E-state index >= 15 is 0 Å². The predicted molar refractivity (Wildman–Crippen MR) is 149 cm³/mol. The lowest BCUT2D eigenvalue weighted by atomic mass is 10.1. The van der Waals surface area contributed by atoms with Crippen molar-refractivity contribution >= 4 is 35.1 Å². The number of benzene rings is 1. The van der Waals surface area contributed by atoms with Crippen molar-refractivity contribution in [3.63, 3.8) is 0 Å². The topological polar surface area (TPSA) is 161 Å². The average Bonchev–Trinajstić information content (AvgIpc) is 3.65. The smallest absolute Gasteiger partial charge is 0.407 e. The third kappa shape index (κ3) is 7.24. The summed E-state index contributed by atoms with van der Waals surface area (Å²) in [5.74, 6) is -0.572. The van der Waals surface area contributed by atoms with E-state index in [1.54, 1.807) is 45.2 Å². The number of nitrogens with one attached hydrogen (secondary N) is 4. The van der Waals surface area contributed by atoms with Crippen molar-refractivity contribution in [2.45, 2.75) is 45.8 Å². The number of rotatable bonds is 10. The van der Waals surface area contributed by atoms with Gasteiger partial charge in [0.2, 0.25) is 5.91 Å². The molecule has 1 fully saturated rings. The molecule has 0 unspecified atom stereocenters. The Morgan fingerprint density at radius 3 is 2.67 bits per heavy atom. The molecular formula is C27H34N8O5. The van der Waals surface area contributed by atoms with E-state index in [-0.39, 0.29) is 42.0 Å². The molecule has 1 aliphatic carbocycles. The van der Waals surface area contributed by atoms with Gasteiger partial charge in [-0.3, -0.25) is 9.59 Å². The number of amides is 3. The van der Waals surface area contributed by atoms with E-state index in [1.807, 2.05) is 5.32 Å². The van der Waals surface area contributed by atoms with Gasteiger partial charge in [0.05, 0.1) is 36.8 Å². The second-order valence-electron chi connectivity index (χ2n) is 10.1. The van der Waals surface area contributed by atoms with Crippen LogP contribution in [0.25, 0.3) is 11.3 Å². The normalized spacial score (nSPS) is 14.2. The molecule has 0 atom stereocenters. The van der Waals surface area contributed by atoms with Crippen molar-refractivity contribution in [3.8, 4) is 17.0 Å². The van der Waals surface area contributed by atoms with E-state index in [9.17, 15) is 14.4 Å². The van der Waals surface area contributed by atoms with Gasteiger partial charge in [0.25, 0.3) is 5.91 Å². The van der Waals surface area contributed by atoms with Crippen molar-refractivity contribution in [1.29, 1.82) is 0 Å². The van der Waals surface area contributed by atoms with Crippen molar-refractivity contribution in [2.24, 2.45) is 5.92 Å². The summed E-state index contributed by atoms with van der Waals surface area (Å²) in [7, 11) is 1.47. The van der Waals surface area contributed by atoms with Crippen LogP contribution in [0, 0.1) is 5.92 Å². The molecule has 1 aliphatic rings. The summed E-state index contributed by atoms with van der Waals surface area (Å²) in [5.41, 5.74) is 0.995. The summed E-state index contributed by atoms with van der Waals surface area (Å²) >= 11 is 0. The molecule has 3 amide bonds. The zero-order valence-corrected chi connectivity index (χ0v) is 22.7. The summed E-state index contributed by atoms with van der Waals surface area (Å²) in [5, 5.41) is 19.2. The molecule has 2 heterocycles. The number of nitrogens with zero attached hydrogens (tertiary/aromatic N) is 4. The lowest BCUT2D eigenvalue weighted by molar-refractivity contribution is -0.117. The molecule has 0 radical (unpaired) electrons. The van der Waals surface area contributed by atoms with Gasteiger partial charge >= 0.3 is 6.09 Å². The zero-order chi connectivity index (χ0) is 31.4. The first kappa shape index (κ1) is 24.4. The van der Waals surface area contributed by atoms with Crippen molar-refractivity contribution in [2.75, 3.05) is 31.3 Å². The molecule has 13 nitrogen and oxygen atoms in total. The quantitative estimate of drug-likeness (QED) is 0.295. The van der Waals surface area contributed by atoms with E-state index in [0.717, 1.165) is 12.8 Å². The number of pyridine rings is 1. The maximum atomic E-state index is 12.8. The van der Waals surface area contributed by atoms with E-state index in [2.05, 4.69) is 31.1 Å². The summed E-state index contributed by atoms with van der Waals surface area (Å²) in [6.45, 7) is 3.13. The first-order valence-corrected chi connectivity index (χ1v) is 12.7. The minimum Gasteiger partial charge on any atom is -0.494 e. The van der Waals surface area contributed by atoms with E-state index < -0.39 is 24.6 Å². The molecule has 0 bridgehead atoms. The highest BCUT2D eigenvalue weighted by Crippen LogP contribution is 2.38. The third-order valence-electron chi connectivity index (χ3n) is 5.74. The molecular weight excluding hydrogens is 516 g/mol. The van der Waals surface area contributed by atoms with Gasteiger partial charge in [-0.15, -0.1) is 0 Å². The van der Waals surface area contributed by atoms with Gasteiger partial charge < -0.3 is 30.7 Å². The van der Waals surface area contributed by atoms with Gasteiger partial charge in [-0.25, -0.2) is 9.78 Å². The summed E-state index contributed by atoms with van der Waals surface area (Å²) in [6.07, 6.45) is 3.79. The second kappa shape index (κ2) is 12.0. The molecule has 212 valence electrons. The fourth-order valence-electron chi connectivity index (χ4n) is 3.75. The molecule has 1 saturated carbocycles. The van der Waals surface area contributed by atoms with Crippen LogP contribution in [0.3, 0.4) is 0 Å². The number of aromatic nitrogens is 4. The molecule has 4 N–H and O–H groups in total. The number of carbonyl (C=O) groups excluding carboxylic acids is 3. The largest absolute Gasteiger partial charge is 0.494 e. The Morgan fingerprint density at radius 2 is 1.98 bits per heavy atom. The maximum Gasteiger partial charge on any atom is 0.407 e. The number of hydrogen-bond acceptors (Lipinski definition) is 9. The highest BCUT2D eigenvalue weighted by atomic mass is 16.6. The second-order valence-corrected chi connectivity index (χ2v) is 10.1. The monoisotopic (exact) mass is 553 g/mol. The van der Waals surface area contributed by atoms with Crippen LogP contribution in [-0.2, 0) is 16.1 Å². The number of methoxy groups -OCH3 is 1. The Balaban J connectivity index is 1.57. The summed E-state index contributed by atoms with van der Waals surface area (Å²) < 4.78 is 33.2. The Morgan fingerprint density at radius 1 is 1.18 bits per heavy atom.